The number of ether oxygens (including phenoxy) is 4. The fourth-order valence-corrected chi connectivity index (χ4v) is 2.76. The normalized spacial score (nSPS) is 13.0. The predicted molar refractivity (Wildman–Crippen MR) is 98.7 cm³/mol. The van der Waals surface area contributed by atoms with E-state index in [4.69, 9.17) is 18.9 Å². The molecule has 1 aliphatic heterocycles. The Labute approximate surface area is 157 Å². The molecule has 2 aromatic rings. The number of para-hydroxylation sites is 1. The van der Waals surface area contributed by atoms with E-state index in [9.17, 15) is 9.90 Å². The Bertz CT molecular complexity index is 811. The maximum Gasteiger partial charge on any atom is 0.319 e. The molecule has 3 N–H and O–H groups in total. The van der Waals surface area contributed by atoms with Gasteiger partial charge in [-0.25, -0.2) is 4.79 Å². The SMILES string of the molecule is COc1cccc(NC(=O)NCCC(O)c2ccc3c(c2)OCO3)c1OC. The molecule has 1 unspecified atom stereocenters. The summed E-state index contributed by atoms with van der Waals surface area (Å²) in [5.41, 5.74) is 1.20. The first-order valence-corrected chi connectivity index (χ1v) is 8.46. The molecule has 1 aliphatic rings. The summed E-state index contributed by atoms with van der Waals surface area (Å²) >= 11 is 0. The highest BCUT2D eigenvalue weighted by Gasteiger charge is 2.17. The molecule has 2 amide bonds. The second-order valence-electron chi connectivity index (χ2n) is 5.84. The second-order valence-corrected chi connectivity index (χ2v) is 5.84. The molecule has 0 saturated carbocycles. The van der Waals surface area contributed by atoms with Gasteiger partial charge in [-0.3, -0.25) is 0 Å². The number of amides is 2. The average molecular weight is 374 g/mol. The highest BCUT2D eigenvalue weighted by Crippen LogP contribution is 2.35. The first-order valence-electron chi connectivity index (χ1n) is 8.46. The summed E-state index contributed by atoms with van der Waals surface area (Å²) < 4.78 is 21.0. The molecule has 3 rings (SSSR count). The maximum atomic E-state index is 12.1. The Morgan fingerprint density at radius 1 is 1.19 bits per heavy atom. The van der Waals surface area contributed by atoms with Gasteiger partial charge in [0, 0.05) is 6.54 Å². The van der Waals surface area contributed by atoms with E-state index in [0.717, 1.165) is 0 Å². The van der Waals surface area contributed by atoms with Crippen LogP contribution in [0.4, 0.5) is 10.5 Å². The van der Waals surface area contributed by atoms with Crippen LogP contribution in [0.15, 0.2) is 36.4 Å². The highest BCUT2D eigenvalue weighted by molar-refractivity contribution is 5.91. The van der Waals surface area contributed by atoms with Crippen molar-refractivity contribution in [2.75, 3.05) is 32.9 Å². The van der Waals surface area contributed by atoms with Crippen LogP contribution in [0.3, 0.4) is 0 Å². The van der Waals surface area contributed by atoms with Crippen molar-refractivity contribution in [3.8, 4) is 23.0 Å². The molecule has 1 heterocycles. The molecule has 0 spiro atoms. The summed E-state index contributed by atoms with van der Waals surface area (Å²) in [5.74, 6) is 2.24. The molecule has 8 heteroatoms. The molecule has 0 aliphatic carbocycles. The van der Waals surface area contributed by atoms with E-state index in [-0.39, 0.29) is 13.3 Å². The molecular formula is C19H22N2O6. The summed E-state index contributed by atoms with van der Waals surface area (Å²) in [4.78, 5) is 12.1. The number of fused-ring (bicyclic) bond motifs is 1. The maximum absolute atomic E-state index is 12.1. The minimum Gasteiger partial charge on any atom is -0.493 e. The van der Waals surface area contributed by atoms with E-state index in [0.29, 0.717) is 40.7 Å². The number of hydrogen-bond donors (Lipinski definition) is 3. The molecule has 0 radical (unpaired) electrons. The van der Waals surface area contributed by atoms with Gasteiger partial charge in [-0.2, -0.15) is 0 Å². The third kappa shape index (κ3) is 4.35. The lowest BCUT2D eigenvalue weighted by Crippen LogP contribution is -2.30. The number of nitrogens with one attached hydrogen (secondary N) is 2. The van der Waals surface area contributed by atoms with Gasteiger partial charge < -0.3 is 34.7 Å². The molecule has 8 nitrogen and oxygen atoms in total. The van der Waals surface area contributed by atoms with E-state index < -0.39 is 12.1 Å². The number of carbonyl (C=O) groups is 1. The van der Waals surface area contributed by atoms with Gasteiger partial charge in [-0.05, 0) is 36.2 Å². The molecule has 0 fully saturated rings. The first-order chi connectivity index (χ1) is 13.1. The largest absolute Gasteiger partial charge is 0.493 e. The second kappa shape index (κ2) is 8.50. The standard InChI is InChI=1S/C19H22N2O6/c1-24-16-5-3-4-13(18(16)25-2)21-19(23)20-9-8-14(22)12-6-7-15-17(10-12)27-11-26-15/h3-7,10,14,22H,8-9,11H2,1-2H3,(H2,20,21,23). The van der Waals surface area contributed by atoms with Crippen molar-refractivity contribution in [1.29, 1.82) is 0 Å². The third-order valence-corrected chi connectivity index (χ3v) is 4.14. The summed E-state index contributed by atoms with van der Waals surface area (Å²) in [6.07, 6.45) is -0.381. The van der Waals surface area contributed by atoms with Crippen LogP contribution in [0, 0.1) is 0 Å². The van der Waals surface area contributed by atoms with Crippen molar-refractivity contribution < 1.29 is 28.8 Å². The molecule has 0 saturated heterocycles. The van der Waals surface area contributed by atoms with E-state index in [1.807, 2.05) is 0 Å². The van der Waals surface area contributed by atoms with Gasteiger partial charge in [0.25, 0.3) is 0 Å². The van der Waals surface area contributed by atoms with Crippen molar-refractivity contribution in [1.82, 2.24) is 5.32 Å². The lowest BCUT2D eigenvalue weighted by molar-refractivity contribution is 0.165. The van der Waals surface area contributed by atoms with E-state index in [1.165, 1.54) is 14.2 Å². The van der Waals surface area contributed by atoms with Crippen LogP contribution < -0.4 is 29.6 Å². The molecule has 0 aromatic heterocycles. The van der Waals surface area contributed by atoms with Crippen LogP contribution in [0.5, 0.6) is 23.0 Å². The number of carbonyl (C=O) groups excluding carboxylic acids is 1. The van der Waals surface area contributed by atoms with Crippen LogP contribution in [0.2, 0.25) is 0 Å². The van der Waals surface area contributed by atoms with Gasteiger partial charge in [0.15, 0.2) is 23.0 Å². The predicted octanol–water partition coefficient (Wildman–Crippen LogP) is 2.68. The summed E-state index contributed by atoms with van der Waals surface area (Å²) in [6, 6.07) is 10.1. The average Bonchev–Trinajstić information content (AvgIpc) is 3.15. The van der Waals surface area contributed by atoms with Crippen molar-refractivity contribution in [2.45, 2.75) is 12.5 Å². The Kier molecular flexibility index (Phi) is 5.87. The fraction of sp³-hybridized carbons (Fsp3) is 0.316. The van der Waals surface area contributed by atoms with Gasteiger partial charge in [-0.1, -0.05) is 12.1 Å². The Morgan fingerprint density at radius 3 is 2.78 bits per heavy atom. The number of hydrogen-bond acceptors (Lipinski definition) is 6. The first kappa shape index (κ1) is 18.7. The minimum absolute atomic E-state index is 0.185. The fourth-order valence-electron chi connectivity index (χ4n) is 2.76. The Morgan fingerprint density at radius 2 is 2.00 bits per heavy atom. The van der Waals surface area contributed by atoms with E-state index in [1.54, 1.807) is 36.4 Å². The smallest absolute Gasteiger partial charge is 0.319 e. The summed E-state index contributed by atoms with van der Waals surface area (Å²) in [6.45, 7) is 0.470. The lowest BCUT2D eigenvalue weighted by Gasteiger charge is -2.15. The molecule has 27 heavy (non-hydrogen) atoms. The highest BCUT2D eigenvalue weighted by atomic mass is 16.7. The van der Waals surface area contributed by atoms with Crippen LogP contribution in [0.25, 0.3) is 0 Å². The monoisotopic (exact) mass is 374 g/mol. The Hall–Kier alpha value is -3.13. The zero-order valence-corrected chi connectivity index (χ0v) is 15.2. The summed E-state index contributed by atoms with van der Waals surface area (Å²) in [7, 11) is 3.03. The minimum atomic E-state index is -0.730. The van der Waals surface area contributed by atoms with Gasteiger partial charge in [-0.15, -0.1) is 0 Å². The molecule has 144 valence electrons. The zero-order valence-electron chi connectivity index (χ0n) is 15.2. The number of anilines is 1. The topological polar surface area (TPSA) is 98.3 Å². The van der Waals surface area contributed by atoms with Crippen molar-refractivity contribution in [2.24, 2.45) is 0 Å². The zero-order chi connectivity index (χ0) is 19.2. The number of urea groups is 1. The molecule has 1 atom stereocenters. The number of methoxy groups -OCH3 is 2. The van der Waals surface area contributed by atoms with Gasteiger partial charge >= 0.3 is 6.03 Å². The van der Waals surface area contributed by atoms with Gasteiger partial charge in [0.1, 0.15) is 0 Å². The van der Waals surface area contributed by atoms with Crippen molar-refractivity contribution in [3.05, 3.63) is 42.0 Å². The number of rotatable bonds is 7. The van der Waals surface area contributed by atoms with Crippen LogP contribution in [0.1, 0.15) is 18.1 Å². The number of benzene rings is 2. The number of aliphatic hydroxyl groups excluding tert-OH is 1. The molecule has 2 aromatic carbocycles. The Balaban J connectivity index is 1.51. The van der Waals surface area contributed by atoms with Gasteiger partial charge in [0.05, 0.1) is 26.0 Å². The van der Waals surface area contributed by atoms with Gasteiger partial charge in [0.2, 0.25) is 6.79 Å². The van der Waals surface area contributed by atoms with Crippen molar-refractivity contribution in [3.63, 3.8) is 0 Å². The van der Waals surface area contributed by atoms with Crippen LogP contribution in [-0.2, 0) is 0 Å². The molecular weight excluding hydrogens is 352 g/mol. The number of aliphatic hydroxyl groups is 1. The summed E-state index contributed by atoms with van der Waals surface area (Å²) in [5, 5.41) is 15.7. The van der Waals surface area contributed by atoms with E-state index in [2.05, 4.69) is 10.6 Å². The van der Waals surface area contributed by atoms with Crippen molar-refractivity contribution >= 4 is 11.7 Å². The quantitative estimate of drug-likeness (QED) is 0.689. The third-order valence-electron chi connectivity index (χ3n) is 4.14. The lowest BCUT2D eigenvalue weighted by atomic mass is 10.1. The van der Waals surface area contributed by atoms with Crippen LogP contribution in [-0.4, -0.2) is 38.7 Å². The van der Waals surface area contributed by atoms with Crippen LogP contribution >= 0.6 is 0 Å². The van der Waals surface area contributed by atoms with E-state index >= 15 is 0 Å². The molecule has 0 bridgehead atoms.